The van der Waals surface area contributed by atoms with Crippen LogP contribution in [-0.2, 0) is 6.18 Å². The highest BCUT2D eigenvalue weighted by molar-refractivity contribution is 5.64. The monoisotopic (exact) mass is 230 g/mol. The zero-order valence-corrected chi connectivity index (χ0v) is 8.86. The smallest absolute Gasteiger partial charge is 0.384 e. The van der Waals surface area contributed by atoms with E-state index in [0.29, 0.717) is 13.1 Å². The Balaban J connectivity index is 2.40. The third-order valence-electron chi connectivity index (χ3n) is 2.82. The number of para-hydroxylation sites is 1. The molecule has 88 valence electrons. The molecule has 0 saturated carbocycles. The average molecular weight is 230 g/mol. The molecule has 2 N–H and O–H groups in total. The van der Waals surface area contributed by atoms with Gasteiger partial charge in [0.15, 0.2) is 0 Å². The number of alkyl halides is 3. The first-order chi connectivity index (χ1) is 7.54. The first kappa shape index (κ1) is 11.3. The first-order valence-electron chi connectivity index (χ1n) is 5.12. The van der Waals surface area contributed by atoms with E-state index >= 15 is 0 Å². The van der Waals surface area contributed by atoms with Gasteiger partial charge in [-0.3, -0.25) is 0 Å². The third kappa shape index (κ3) is 1.87. The van der Waals surface area contributed by atoms with Crippen molar-refractivity contribution in [2.45, 2.75) is 12.1 Å². The van der Waals surface area contributed by atoms with Crippen molar-refractivity contribution in [3.8, 4) is 0 Å². The Morgan fingerprint density at radius 1 is 1.44 bits per heavy atom. The lowest BCUT2D eigenvalue weighted by Gasteiger charge is -2.12. The van der Waals surface area contributed by atoms with Gasteiger partial charge in [-0.15, -0.1) is 0 Å². The Kier molecular flexibility index (Phi) is 2.80. The van der Waals surface area contributed by atoms with Crippen molar-refractivity contribution in [1.29, 1.82) is 0 Å². The van der Waals surface area contributed by atoms with Crippen LogP contribution in [0.4, 0.5) is 18.9 Å². The number of hydrogen-bond acceptors (Lipinski definition) is 2. The van der Waals surface area contributed by atoms with Gasteiger partial charge < -0.3 is 10.6 Å². The van der Waals surface area contributed by atoms with E-state index in [0.717, 1.165) is 11.6 Å². The number of benzene rings is 1. The second kappa shape index (κ2) is 3.97. The SMILES string of the molecule is CNCC1CNc2c1cccc2C(F)(F)F. The molecule has 1 atom stereocenters. The fourth-order valence-electron chi connectivity index (χ4n) is 2.11. The maximum Gasteiger partial charge on any atom is 0.418 e. The summed E-state index contributed by atoms with van der Waals surface area (Å²) in [5, 5.41) is 5.84. The van der Waals surface area contributed by atoms with Crippen molar-refractivity contribution >= 4 is 5.69 Å². The van der Waals surface area contributed by atoms with E-state index in [4.69, 9.17) is 0 Å². The van der Waals surface area contributed by atoms with Crippen LogP contribution in [-0.4, -0.2) is 20.1 Å². The zero-order valence-electron chi connectivity index (χ0n) is 8.86. The number of fused-ring (bicyclic) bond motifs is 1. The van der Waals surface area contributed by atoms with Crippen molar-refractivity contribution in [2.75, 3.05) is 25.5 Å². The molecule has 1 aliphatic rings. The Morgan fingerprint density at radius 3 is 2.81 bits per heavy atom. The largest absolute Gasteiger partial charge is 0.418 e. The molecule has 1 aromatic rings. The molecule has 1 unspecified atom stereocenters. The predicted octanol–water partition coefficient (Wildman–Crippen LogP) is 2.43. The van der Waals surface area contributed by atoms with Gasteiger partial charge in [0.25, 0.3) is 0 Å². The lowest BCUT2D eigenvalue weighted by atomic mass is 9.99. The first-order valence-corrected chi connectivity index (χ1v) is 5.12. The lowest BCUT2D eigenvalue weighted by Crippen LogP contribution is -2.18. The summed E-state index contributed by atoms with van der Waals surface area (Å²) in [6.07, 6.45) is -4.28. The molecule has 0 aromatic heterocycles. The van der Waals surface area contributed by atoms with Crippen LogP contribution in [0.2, 0.25) is 0 Å². The minimum Gasteiger partial charge on any atom is -0.384 e. The van der Waals surface area contributed by atoms with Gasteiger partial charge >= 0.3 is 6.18 Å². The number of likely N-dealkylation sites (N-methyl/N-ethyl adjacent to an activating group) is 1. The number of nitrogens with one attached hydrogen (secondary N) is 2. The second-order valence-corrected chi connectivity index (χ2v) is 3.90. The highest BCUT2D eigenvalue weighted by atomic mass is 19.4. The summed E-state index contributed by atoms with van der Waals surface area (Å²) < 4.78 is 38.1. The van der Waals surface area contributed by atoms with Crippen LogP contribution in [0.5, 0.6) is 0 Å². The minimum absolute atomic E-state index is 0.113. The highest BCUT2D eigenvalue weighted by Crippen LogP contribution is 2.41. The molecule has 0 saturated heterocycles. The van der Waals surface area contributed by atoms with E-state index in [1.165, 1.54) is 6.07 Å². The van der Waals surface area contributed by atoms with Gasteiger partial charge in [0.05, 0.1) is 11.3 Å². The summed E-state index contributed by atoms with van der Waals surface area (Å²) in [6, 6.07) is 4.34. The lowest BCUT2D eigenvalue weighted by molar-refractivity contribution is -0.136. The number of rotatable bonds is 2. The highest BCUT2D eigenvalue weighted by Gasteiger charge is 2.37. The molecule has 5 heteroatoms. The summed E-state index contributed by atoms with van der Waals surface area (Å²) in [7, 11) is 1.80. The molecule has 1 aromatic carbocycles. The van der Waals surface area contributed by atoms with Crippen LogP contribution in [0, 0.1) is 0 Å². The van der Waals surface area contributed by atoms with Crippen LogP contribution in [0.15, 0.2) is 18.2 Å². The molecule has 2 nitrogen and oxygen atoms in total. The molecule has 0 amide bonds. The van der Waals surface area contributed by atoms with E-state index in [2.05, 4.69) is 10.6 Å². The number of halogens is 3. The molecule has 1 aliphatic heterocycles. The third-order valence-corrected chi connectivity index (χ3v) is 2.82. The number of anilines is 1. The average Bonchev–Trinajstić information content (AvgIpc) is 2.61. The minimum atomic E-state index is -4.28. The predicted molar refractivity (Wildman–Crippen MR) is 56.6 cm³/mol. The van der Waals surface area contributed by atoms with Crippen LogP contribution in [0.3, 0.4) is 0 Å². The molecule has 16 heavy (non-hydrogen) atoms. The van der Waals surface area contributed by atoms with Crippen LogP contribution in [0.1, 0.15) is 17.0 Å². The maximum atomic E-state index is 12.7. The molecular weight excluding hydrogens is 217 g/mol. The zero-order chi connectivity index (χ0) is 11.8. The normalized spacial score (nSPS) is 19.4. The van der Waals surface area contributed by atoms with Crippen LogP contribution < -0.4 is 10.6 Å². The summed E-state index contributed by atoms with van der Waals surface area (Å²) in [5.41, 5.74) is 0.433. The van der Waals surface area contributed by atoms with E-state index in [9.17, 15) is 13.2 Å². The van der Waals surface area contributed by atoms with E-state index < -0.39 is 11.7 Å². The molecule has 0 radical (unpaired) electrons. The van der Waals surface area contributed by atoms with Crippen LogP contribution in [0.25, 0.3) is 0 Å². The molecule has 1 heterocycles. The maximum absolute atomic E-state index is 12.7. The quantitative estimate of drug-likeness (QED) is 0.815. The van der Waals surface area contributed by atoms with Gasteiger partial charge in [0.2, 0.25) is 0 Å². The second-order valence-electron chi connectivity index (χ2n) is 3.90. The van der Waals surface area contributed by atoms with E-state index in [1.54, 1.807) is 13.1 Å². The van der Waals surface area contributed by atoms with Crippen molar-refractivity contribution < 1.29 is 13.2 Å². The molecule has 0 fully saturated rings. The van der Waals surface area contributed by atoms with Crippen molar-refractivity contribution in [3.05, 3.63) is 29.3 Å². The fourth-order valence-corrected chi connectivity index (χ4v) is 2.11. The number of hydrogen-bond donors (Lipinski definition) is 2. The Bertz CT molecular complexity index is 387. The standard InChI is InChI=1S/C11H13F3N2/c1-15-5-7-6-16-10-8(7)3-2-4-9(10)11(12,13)14/h2-4,7,15-16H,5-6H2,1H3. The molecular formula is C11H13F3N2. The van der Waals surface area contributed by atoms with Gasteiger partial charge in [-0.2, -0.15) is 13.2 Å². The molecule has 0 spiro atoms. The Labute approximate surface area is 91.8 Å². The van der Waals surface area contributed by atoms with E-state index in [1.807, 2.05) is 0 Å². The van der Waals surface area contributed by atoms with Gasteiger partial charge in [-0.25, -0.2) is 0 Å². The molecule has 0 aliphatic carbocycles. The topological polar surface area (TPSA) is 24.1 Å². The van der Waals surface area contributed by atoms with Gasteiger partial charge in [-0.1, -0.05) is 12.1 Å². The van der Waals surface area contributed by atoms with Gasteiger partial charge in [0, 0.05) is 19.0 Å². The fraction of sp³-hybridized carbons (Fsp3) is 0.455. The van der Waals surface area contributed by atoms with Gasteiger partial charge in [-0.05, 0) is 18.7 Å². The van der Waals surface area contributed by atoms with Crippen LogP contribution >= 0.6 is 0 Å². The Hall–Kier alpha value is -1.23. The summed E-state index contributed by atoms with van der Waals surface area (Å²) >= 11 is 0. The molecule has 0 bridgehead atoms. The van der Waals surface area contributed by atoms with E-state index in [-0.39, 0.29) is 11.6 Å². The van der Waals surface area contributed by atoms with Crippen molar-refractivity contribution in [3.63, 3.8) is 0 Å². The summed E-state index contributed by atoms with van der Waals surface area (Å²) in [6.45, 7) is 1.24. The van der Waals surface area contributed by atoms with Gasteiger partial charge in [0.1, 0.15) is 0 Å². The van der Waals surface area contributed by atoms with Crippen molar-refractivity contribution in [1.82, 2.24) is 5.32 Å². The van der Waals surface area contributed by atoms with Crippen molar-refractivity contribution in [2.24, 2.45) is 0 Å². The summed E-state index contributed by atoms with van der Waals surface area (Å²) in [5.74, 6) is 0.113. The molecule has 2 rings (SSSR count). The summed E-state index contributed by atoms with van der Waals surface area (Å²) in [4.78, 5) is 0. The Morgan fingerprint density at radius 2 is 2.19 bits per heavy atom.